The minimum atomic E-state index is 0.690. The van der Waals surface area contributed by atoms with Crippen LogP contribution in [0.1, 0.15) is 31.5 Å². The highest BCUT2D eigenvalue weighted by atomic mass is 15.3. The summed E-state index contributed by atoms with van der Waals surface area (Å²) < 4.78 is 0. The number of H-pyrrole nitrogens is 1. The Morgan fingerprint density at radius 3 is 2.88 bits per heavy atom. The fraction of sp³-hybridized carbons (Fsp3) is 0.400. The molecule has 1 aromatic heterocycles. The van der Waals surface area contributed by atoms with E-state index in [-0.39, 0.29) is 0 Å². The molecule has 0 radical (unpaired) electrons. The van der Waals surface area contributed by atoms with Gasteiger partial charge in [-0.15, -0.1) is 0 Å². The minimum absolute atomic E-state index is 0.690. The van der Waals surface area contributed by atoms with Gasteiger partial charge in [0.1, 0.15) is 5.82 Å². The van der Waals surface area contributed by atoms with Gasteiger partial charge < -0.3 is 15.2 Å². The van der Waals surface area contributed by atoms with Crippen LogP contribution in [-0.4, -0.2) is 41.5 Å². The number of rotatable bonds is 6. The van der Waals surface area contributed by atoms with Gasteiger partial charge in [0.15, 0.2) is 5.96 Å². The summed E-state index contributed by atoms with van der Waals surface area (Å²) in [6.45, 7) is 1.62. The summed E-state index contributed by atoms with van der Waals surface area (Å²) in [5.41, 5.74) is 3.76. The second-order valence-electron chi connectivity index (χ2n) is 6.44. The number of aromatic nitrogens is 2. The van der Waals surface area contributed by atoms with E-state index in [1.54, 1.807) is 5.57 Å². The average Bonchev–Trinajstić information content (AvgIpc) is 3.31. The number of aromatic amines is 1. The van der Waals surface area contributed by atoms with Crippen LogP contribution in [0.15, 0.2) is 53.2 Å². The summed E-state index contributed by atoms with van der Waals surface area (Å²) in [4.78, 5) is 14.4. The molecule has 5 heteroatoms. The molecule has 1 aliphatic rings. The summed E-state index contributed by atoms with van der Waals surface area (Å²) >= 11 is 0. The van der Waals surface area contributed by atoms with Gasteiger partial charge in [0.2, 0.25) is 0 Å². The molecule has 0 saturated heterocycles. The molecule has 0 bridgehead atoms. The van der Waals surface area contributed by atoms with Crippen LogP contribution < -0.4 is 5.32 Å². The van der Waals surface area contributed by atoms with Crippen LogP contribution in [-0.2, 0) is 6.54 Å². The Bertz CT molecular complexity index is 730. The molecule has 0 atom stereocenters. The standard InChI is InChI=1S/C20H27N5/c1-21-20(22-13-12-16-8-6-7-9-16)25(2)15-19-23-14-18(24-19)17-10-4-3-5-11-17/h3-5,8,10-11,14H,6-7,9,12-13,15H2,1-2H3,(H,21,22)(H,23,24). The zero-order valence-corrected chi connectivity index (χ0v) is 15.1. The van der Waals surface area contributed by atoms with E-state index < -0.39 is 0 Å². The van der Waals surface area contributed by atoms with Crippen molar-refractivity contribution < 1.29 is 0 Å². The van der Waals surface area contributed by atoms with Crippen molar-refractivity contribution in [2.24, 2.45) is 4.99 Å². The number of guanidine groups is 1. The third kappa shape index (κ3) is 4.72. The van der Waals surface area contributed by atoms with Crippen molar-refractivity contribution in [3.05, 3.63) is 54.0 Å². The highest BCUT2D eigenvalue weighted by molar-refractivity contribution is 5.79. The first-order valence-corrected chi connectivity index (χ1v) is 8.95. The Labute approximate surface area is 149 Å². The van der Waals surface area contributed by atoms with Gasteiger partial charge in [0, 0.05) is 20.6 Å². The number of benzene rings is 1. The SMILES string of the molecule is CN=C(NCCC1=CCCC1)N(C)Cc1ncc(-c2ccccc2)[nH]1. The largest absolute Gasteiger partial charge is 0.356 e. The smallest absolute Gasteiger partial charge is 0.193 e. The van der Waals surface area contributed by atoms with Gasteiger partial charge in [0.25, 0.3) is 0 Å². The Morgan fingerprint density at radius 1 is 1.32 bits per heavy atom. The second-order valence-corrected chi connectivity index (χ2v) is 6.44. The van der Waals surface area contributed by atoms with E-state index in [0.29, 0.717) is 6.54 Å². The summed E-state index contributed by atoms with van der Waals surface area (Å²) in [5.74, 6) is 1.83. The molecule has 1 aliphatic carbocycles. The molecule has 3 rings (SSSR count). The summed E-state index contributed by atoms with van der Waals surface area (Å²) in [6, 6.07) is 10.3. The molecule has 0 fully saturated rings. The lowest BCUT2D eigenvalue weighted by Gasteiger charge is -2.21. The Hall–Kier alpha value is -2.56. The van der Waals surface area contributed by atoms with Crippen molar-refractivity contribution in [2.45, 2.75) is 32.2 Å². The van der Waals surface area contributed by atoms with Crippen LogP contribution in [0.5, 0.6) is 0 Å². The van der Waals surface area contributed by atoms with Crippen LogP contribution in [0.25, 0.3) is 11.3 Å². The van der Waals surface area contributed by atoms with E-state index in [9.17, 15) is 0 Å². The molecule has 0 spiro atoms. The molecule has 2 aromatic rings. The monoisotopic (exact) mass is 337 g/mol. The van der Waals surface area contributed by atoms with Crippen LogP contribution in [0.2, 0.25) is 0 Å². The van der Waals surface area contributed by atoms with Crippen molar-refractivity contribution in [1.29, 1.82) is 0 Å². The zero-order chi connectivity index (χ0) is 17.5. The van der Waals surface area contributed by atoms with E-state index in [0.717, 1.165) is 36.0 Å². The molecule has 0 unspecified atom stereocenters. The molecule has 1 heterocycles. The summed E-state index contributed by atoms with van der Waals surface area (Å²) in [6.07, 6.45) is 9.18. The zero-order valence-electron chi connectivity index (χ0n) is 15.1. The molecule has 0 aliphatic heterocycles. The lowest BCUT2D eigenvalue weighted by molar-refractivity contribution is 0.464. The number of aliphatic imine (C=N–C) groups is 1. The minimum Gasteiger partial charge on any atom is -0.356 e. The van der Waals surface area contributed by atoms with E-state index in [4.69, 9.17) is 0 Å². The normalized spacial score (nSPS) is 14.5. The van der Waals surface area contributed by atoms with E-state index >= 15 is 0 Å². The summed E-state index contributed by atoms with van der Waals surface area (Å²) in [5, 5.41) is 3.45. The van der Waals surface area contributed by atoms with Gasteiger partial charge >= 0.3 is 0 Å². The van der Waals surface area contributed by atoms with Crippen LogP contribution in [0.3, 0.4) is 0 Å². The van der Waals surface area contributed by atoms with Crippen molar-refractivity contribution in [3.63, 3.8) is 0 Å². The number of imidazole rings is 1. The van der Waals surface area contributed by atoms with Gasteiger partial charge in [-0.3, -0.25) is 4.99 Å². The second kappa shape index (κ2) is 8.51. The van der Waals surface area contributed by atoms with Crippen molar-refractivity contribution in [3.8, 4) is 11.3 Å². The first kappa shape index (κ1) is 17.3. The maximum Gasteiger partial charge on any atom is 0.193 e. The molecule has 132 valence electrons. The molecule has 5 nitrogen and oxygen atoms in total. The first-order valence-electron chi connectivity index (χ1n) is 8.95. The van der Waals surface area contributed by atoms with Crippen LogP contribution in [0.4, 0.5) is 0 Å². The number of allylic oxidation sites excluding steroid dienone is 1. The maximum absolute atomic E-state index is 4.50. The lowest BCUT2D eigenvalue weighted by Crippen LogP contribution is -2.39. The van der Waals surface area contributed by atoms with Crippen LogP contribution >= 0.6 is 0 Å². The third-order valence-electron chi connectivity index (χ3n) is 4.54. The van der Waals surface area contributed by atoms with E-state index in [1.165, 1.54) is 19.3 Å². The van der Waals surface area contributed by atoms with Crippen molar-refractivity contribution in [1.82, 2.24) is 20.2 Å². The van der Waals surface area contributed by atoms with Gasteiger partial charge in [0.05, 0.1) is 18.4 Å². The number of nitrogens with zero attached hydrogens (tertiary/aromatic N) is 3. The maximum atomic E-state index is 4.50. The Balaban J connectivity index is 1.53. The molecule has 0 saturated carbocycles. The van der Waals surface area contributed by atoms with E-state index in [2.05, 4.69) is 43.4 Å². The average molecular weight is 337 g/mol. The van der Waals surface area contributed by atoms with Crippen molar-refractivity contribution >= 4 is 5.96 Å². The number of hydrogen-bond acceptors (Lipinski definition) is 2. The fourth-order valence-corrected chi connectivity index (χ4v) is 3.19. The molecule has 1 aromatic carbocycles. The van der Waals surface area contributed by atoms with Gasteiger partial charge in [-0.2, -0.15) is 0 Å². The third-order valence-corrected chi connectivity index (χ3v) is 4.54. The molecular weight excluding hydrogens is 310 g/mol. The predicted octanol–water partition coefficient (Wildman–Crippen LogP) is 3.58. The molecule has 0 amide bonds. The van der Waals surface area contributed by atoms with Crippen LogP contribution in [0, 0.1) is 0 Å². The number of hydrogen-bond donors (Lipinski definition) is 2. The van der Waals surface area contributed by atoms with E-state index in [1.807, 2.05) is 38.5 Å². The Morgan fingerprint density at radius 2 is 2.16 bits per heavy atom. The number of nitrogens with one attached hydrogen (secondary N) is 2. The molecule has 25 heavy (non-hydrogen) atoms. The fourth-order valence-electron chi connectivity index (χ4n) is 3.19. The first-order chi connectivity index (χ1) is 12.3. The lowest BCUT2D eigenvalue weighted by atomic mass is 10.2. The highest BCUT2D eigenvalue weighted by Gasteiger charge is 2.10. The Kier molecular flexibility index (Phi) is 5.88. The van der Waals surface area contributed by atoms with Crippen molar-refractivity contribution in [2.75, 3.05) is 20.6 Å². The predicted molar refractivity (Wildman–Crippen MR) is 103 cm³/mol. The van der Waals surface area contributed by atoms with Gasteiger partial charge in [-0.05, 0) is 31.2 Å². The topological polar surface area (TPSA) is 56.3 Å². The quantitative estimate of drug-likeness (QED) is 0.481. The highest BCUT2D eigenvalue weighted by Crippen LogP contribution is 2.20. The molecular formula is C20H27N5. The molecule has 2 N–H and O–H groups in total. The van der Waals surface area contributed by atoms with Gasteiger partial charge in [-0.25, -0.2) is 4.98 Å². The van der Waals surface area contributed by atoms with Gasteiger partial charge in [-0.1, -0.05) is 42.0 Å². The summed E-state index contributed by atoms with van der Waals surface area (Å²) in [7, 11) is 3.86.